The van der Waals surface area contributed by atoms with Gasteiger partial charge in [-0.25, -0.2) is 9.97 Å². The lowest BCUT2D eigenvalue weighted by Crippen LogP contribution is -2.22. The molecule has 3 heterocycles. The van der Waals surface area contributed by atoms with Gasteiger partial charge in [0.25, 0.3) is 5.56 Å². The van der Waals surface area contributed by atoms with Crippen LogP contribution in [0, 0.1) is 0 Å². The summed E-state index contributed by atoms with van der Waals surface area (Å²) in [5.74, 6) is 0.720. The smallest absolute Gasteiger partial charge is 0.250 e. The first-order valence-electron chi connectivity index (χ1n) is 12.3. The molecule has 4 aromatic rings. The van der Waals surface area contributed by atoms with Gasteiger partial charge in [0.05, 0.1) is 11.9 Å². The summed E-state index contributed by atoms with van der Waals surface area (Å²) in [5.41, 5.74) is 11.0. The van der Waals surface area contributed by atoms with E-state index in [0.29, 0.717) is 28.9 Å². The zero-order valence-electron chi connectivity index (χ0n) is 19.5. The number of anilines is 1. The van der Waals surface area contributed by atoms with E-state index in [1.54, 1.807) is 18.3 Å². The molecule has 2 aliphatic carbocycles. The molecule has 0 saturated heterocycles. The second-order valence-corrected chi connectivity index (χ2v) is 9.52. The second kappa shape index (κ2) is 9.11. The molecule has 0 atom stereocenters. The number of nitrogens with zero attached hydrogens (tertiary/aromatic N) is 4. The Kier molecular flexibility index (Phi) is 5.66. The van der Waals surface area contributed by atoms with Gasteiger partial charge in [-0.15, -0.1) is 0 Å². The first-order valence-corrected chi connectivity index (χ1v) is 12.3. The fourth-order valence-corrected chi connectivity index (χ4v) is 4.71. The molecule has 8 heteroatoms. The maximum atomic E-state index is 12.4. The Bertz CT molecular complexity index is 1400. The Labute approximate surface area is 203 Å². The van der Waals surface area contributed by atoms with Crippen molar-refractivity contribution in [2.24, 2.45) is 0 Å². The lowest BCUT2D eigenvalue weighted by molar-refractivity contribution is 0.434. The molecule has 0 bridgehead atoms. The highest BCUT2D eigenvalue weighted by molar-refractivity contribution is 5.72. The van der Waals surface area contributed by atoms with Gasteiger partial charge in [0.1, 0.15) is 5.69 Å². The normalized spacial score (nSPS) is 16.1. The van der Waals surface area contributed by atoms with Crippen LogP contribution >= 0.6 is 0 Å². The third-order valence-electron chi connectivity index (χ3n) is 6.92. The van der Waals surface area contributed by atoms with Crippen LogP contribution in [-0.2, 0) is 6.54 Å². The van der Waals surface area contributed by atoms with Crippen LogP contribution in [0.1, 0.15) is 50.1 Å². The quantitative estimate of drug-likeness (QED) is 0.408. The van der Waals surface area contributed by atoms with Crippen molar-refractivity contribution in [1.29, 1.82) is 0 Å². The van der Waals surface area contributed by atoms with Gasteiger partial charge < -0.3 is 20.1 Å². The monoisotopic (exact) mass is 468 g/mol. The Balaban J connectivity index is 1.26. The van der Waals surface area contributed by atoms with Gasteiger partial charge in [-0.1, -0.05) is 42.3 Å². The van der Waals surface area contributed by atoms with E-state index in [4.69, 9.17) is 15.2 Å². The average molecular weight is 469 g/mol. The van der Waals surface area contributed by atoms with Gasteiger partial charge in [-0.3, -0.25) is 4.79 Å². The number of pyridine rings is 1. The summed E-state index contributed by atoms with van der Waals surface area (Å²) in [7, 11) is 0. The Morgan fingerprint density at radius 2 is 1.77 bits per heavy atom. The van der Waals surface area contributed by atoms with Gasteiger partial charge in [-0.05, 0) is 37.3 Å². The number of hydrogen-bond acceptors (Lipinski definition) is 7. The van der Waals surface area contributed by atoms with Crippen LogP contribution in [0.4, 0.5) is 5.82 Å². The molecule has 1 aromatic carbocycles. The lowest BCUT2D eigenvalue weighted by Gasteiger charge is -2.14. The summed E-state index contributed by atoms with van der Waals surface area (Å²) in [6.07, 6.45) is 10.4. The molecular weight excluding hydrogens is 440 g/mol. The van der Waals surface area contributed by atoms with Crippen LogP contribution in [0.5, 0.6) is 0 Å². The summed E-state index contributed by atoms with van der Waals surface area (Å²) in [6.45, 7) is 0.877. The Hall–Kier alpha value is -3.78. The molecule has 0 radical (unpaired) electrons. The van der Waals surface area contributed by atoms with E-state index in [2.05, 4.69) is 27.6 Å². The van der Waals surface area contributed by atoms with Gasteiger partial charge in [0.2, 0.25) is 0 Å². The number of nitrogens with one attached hydrogen (secondary N) is 1. The van der Waals surface area contributed by atoms with Crippen molar-refractivity contribution >= 4 is 5.82 Å². The SMILES string of the molecule is Nc1ncc(-c2ccc(=O)n(C3CCCC3)c2)nc1-c1cc(-c2ccc(CNC3CC3)cc2)no1. The summed E-state index contributed by atoms with van der Waals surface area (Å²) in [5, 5.41) is 7.76. The largest absolute Gasteiger partial charge is 0.382 e. The standard InChI is InChI=1S/C27H28N6O2/c28-27-26(24-13-22(32-35-24)18-7-5-17(6-8-18)14-29-20-10-11-20)31-23(15-30-27)19-9-12-25(34)33(16-19)21-3-1-2-4-21/h5-9,12-13,15-16,20-21,29H,1-4,10-11,14H2,(H2,28,30). The number of benzene rings is 1. The predicted octanol–water partition coefficient (Wildman–Crippen LogP) is 4.58. The van der Waals surface area contributed by atoms with E-state index in [1.807, 2.05) is 29.0 Å². The van der Waals surface area contributed by atoms with Crippen molar-refractivity contribution in [3.8, 4) is 34.0 Å². The highest BCUT2D eigenvalue weighted by Crippen LogP contribution is 2.31. The summed E-state index contributed by atoms with van der Waals surface area (Å²) in [6, 6.07) is 14.4. The molecule has 0 spiro atoms. The van der Waals surface area contributed by atoms with E-state index < -0.39 is 0 Å². The van der Waals surface area contributed by atoms with Crippen LogP contribution in [0.3, 0.4) is 0 Å². The molecule has 0 aliphatic heterocycles. The number of hydrogen-bond donors (Lipinski definition) is 2. The van der Waals surface area contributed by atoms with Gasteiger partial charge in [0.15, 0.2) is 17.3 Å². The molecule has 178 valence electrons. The van der Waals surface area contributed by atoms with Crippen LogP contribution in [0.2, 0.25) is 0 Å². The van der Waals surface area contributed by atoms with E-state index in [0.717, 1.165) is 43.4 Å². The van der Waals surface area contributed by atoms with Crippen LogP contribution in [0.15, 0.2) is 64.2 Å². The highest BCUT2D eigenvalue weighted by atomic mass is 16.5. The minimum atomic E-state index is 0.0125. The zero-order valence-corrected chi connectivity index (χ0v) is 19.5. The molecule has 2 aliphatic rings. The molecule has 3 aromatic heterocycles. The minimum Gasteiger partial charge on any atom is -0.382 e. The molecule has 2 fully saturated rings. The number of nitrogen functional groups attached to an aromatic ring is 1. The van der Waals surface area contributed by atoms with Gasteiger partial charge in [-0.2, -0.15) is 0 Å². The van der Waals surface area contributed by atoms with Crippen molar-refractivity contribution in [1.82, 2.24) is 25.0 Å². The third kappa shape index (κ3) is 4.61. The predicted molar refractivity (Wildman–Crippen MR) is 134 cm³/mol. The third-order valence-corrected chi connectivity index (χ3v) is 6.92. The van der Waals surface area contributed by atoms with E-state index in [1.165, 1.54) is 18.4 Å². The van der Waals surface area contributed by atoms with Crippen molar-refractivity contribution in [2.45, 2.75) is 57.2 Å². The van der Waals surface area contributed by atoms with E-state index >= 15 is 0 Å². The molecule has 8 nitrogen and oxygen atoms in total. The first-order chi connectivity index (χ1) is 17.1. The lowest BCUT2D eigenvalue weighted by atomic mass is 10.1. The summed E-state index contributed by atoms with van der Waals surface area (Å²) >= 11 is 0. The molecule has 0 amide bonds. The Morgan fingerprint density at radius 3 is 2.54 bits per heavy atom. The molecule has 6 rings (SSSR count). The summed E-state index contributed by atoms with van der Waals surface area (Å²) < 4.78 is 7.45. The average Bonchev–Trinajstić information content (AvgIpc) is 3.32. The highest BCUT2D eigenvalue weighted by Gasteiger charge is 2.21. The fraction of sp³-hybridized carbons (Fsp3) is 0.333. The molecule has 3 N–H and O–H groups in total. The van der Waals surface area contributed by atoms with Crippen molar-refractivity contribution < 1.29 is 4.52 Å². The fourth-order valence-electron chi connectivity index (χ4n) is 4.71. The molecular formula is C27H28N6O2. The van der Waals surface area contributed by atoms with Crippen molar-refractivity contribution in [3.63, 3.8) is 0 Å². The van der Waals surface area contributed by atoms with Gasteiger partial charge in [0, 0.05) is 48.1 Å². The van der Waals surface area contributed by atoms with Gasteiger partial charge >= 0.3 is 0 Å². The van der Waals surface area contributed by atoms with Crippen LogP contribution < -0.4 is 16.6 Å². The number of rotatable bonds is 7. The van der Waals surface area contributed by atoms with Crippen molar-refractivity contribution in [2.75, 3.05) is 5.73 Å². The number of aromatic nitrogens is 4. The molecule has 2 saturated carbocycles. The Morgan fingerprint density at radius 1 is 1.00 bits per heavy atom. The van der Waals surface area contributed by atoms with E-state index in [9.17, 15) is 4.79 Å². The number of nitrogens with two attached hydrogens (primary N) is 1. The van der Waals surface area contributed by atoms with Crippen molar-refractivity contribution in [3.05, 3.63) is 70.8 Å². The zero-order chi connectivity index (χ0) is 23.8. The summed E-state index contributed by atoms with van der Waals surface area (Å²) in [4.78, 5) is 21.5. The van der Waals surface area contributed by atoms with E-state index in [-0.39, 0.29) is 17.4 Å². The second-order valence-electron chi connectivity index (χ2n) is 9.52. The topological polar surface area (TPSA) is 112 Å². The van der Waals surface area contributed by atoms with Crippen LogP contribution in [0.25, 0.3) is 34.0 Å². The molecule has 0 unspecified atom stereocenters. The minimum absolute atomic E-state index is 0.0125. The molecule has 35 heavy (non-hydrogen) atoms. The first kappa shape index (κ1) is 21.7. The maximum absolute atomic E-state index is 12.4. The maximum Gasteiger partial charge on any atom is 0.250 e. The van der Waals surface area contributed by atoms with Crippen LogP contribution in [-0.4, -0.2) is 25.7 Å².